The van der Waals surface area contributed by atoms with E-state index < -0.39 is 0 Å². The van der Waals surface area contributed by atoms with E-state index in [2.05, 4.69) is 6.92 Å². The van der Waals surface area contributed by atoms with Crippen LogP contribution in [0.4, 0.5) is 0 Å². The van der Waals surface area contributed by atoms with Crippen LogP contribution in [0.25, 0.3) is 0 Å². The molecule has 2 rings (SSSR count). The fraction of sp³-hybridized carbons (Fsp3) is 1.00. The Hall–Kier alpha value is -0.120. The van der Waals surface area contributed by atoms with Crippen LogP contribution in [-0.2, 0) is 9.47 Å². The van der Waals surface area contributed by atoms with Gasteiger partial charge < -0.3 is 14.6 Å². The fourth-order valence-electron chi connectivity index (χ4n) is 2.65. The lowest BCUT2D eigenvalue weighted by molar-refractivity contribution is -0.000402. The molecule has 2 saturated heterocycles. The Bertz CT molecular complexity index is 177. The Labute approximate surface area is 85.4 Å². The molecule has 82 valence electrons. The molecule has 14 heavy (non-hydrogen) atoms. The first-order chi connectivity index (χ1) is 6.83. The summed E-state index contributed by atoms with van der Waals surface area (Å²) in [6.07, 6.45) is 3.08. The molecule has 0 bridgehead atoms. The van der Waals surface area contributed by atoms with Crippen LogP contribution in [0.2, 0.25) is 0 Å². The molecular weight excluding hydrogens is 180 g/mol. The lowest BCUT2D eigenvalue weighted by Crippen LogP contribution is -2.34. The van der Waals surface area contributed by atoms with Crippen LogP contribution in [0, 0.1) is 11.8 Å². The summed E-state index contributed by atoms with van der Waals surface area (Å²) in [6.45, 7) is 4.48. The van der Waals surface area contributed by atoms with E-state index in [1.165, 1.54) is 0 Å². The van der Waals surface area contributed by atoms with Crippen molar-refractivity contribution in [3.05, 3.63) is 0 Å². The average molecular weight is 200 g/mol. The Balaban J connectivity index is 1.92. The SMILES string of the molecule is CCC1OCCC1C(O)C1CCOC1. The number of aliphatic hydroxyl groups excluding tert-OH is 1. The zero-order valence-corrected chi connectivity index (χ0v) is 8.82. The highest BCUT2D eigenvalue weighted by Crippen LogP contribution is 2.32. The molecule has 4 atom stereocenters. The number of aliphatic hydroxyl groups is 1. The van der Waals surface area contributed by atoms with E-state index in [9.17, 15) is 5.11 Å². The van der Waals surface area contributed by atoms with Crippen LogP contribution < -0.4 is 0 Å². The Morgan fingerprint density at radius 2 is 2.21 bits per heavy atom. The van der Waals surface area contributed by atoms with Gasteiger partial charge in [0, 0.05) is 25.0 Å². The van der Waals surface area contributed by atoms with Gasteiger partial charge in [0.1, 0.15) is 0 Å². The van der Waals surface area contributed by atoms with Gasteiger partial charge in [0.25, 0.3) is 0 Å². The maximum Gasteiger partial charge on any atom is 0.0644 e. The van der Waals surface area contributed by atoms with Gasteiger partial charge in [-0.15, -0.1) is 0 Å². The van der Waals surface area contributed by atoms with Crippen molar-refractivity contribution in [3.8, 4) is 0 Å². The van der Waals surface area contributed by atoms with Crippen LogP contribution in [0.3, 0.4) is 0 Å². The molecule has 0 radical (unpaired) electrons. The molecule has 2 aliphatic heterocycles. The molecule has 4 unspecified atom stereocenters. The van der Waals surface area contributed by atoms with Gasteiger partial charge in [-0.2, -0.15) is 0 Å². The van der Waals surface area contributed by atoms with Crippen LogP contribution >= 0.6 is 0 Å². The lowest BCUT2D eigenvalue weighted by atomic mass is 9.85. The van der Waals surface area contributed by atoms with Crippen molar-refractivity contribution in [2.24, 2.45) is 11.8 Å². The highest BCUT2D eigenvalue weighted by molar-refractivity contribution is 4.86. The minimum Gasteiger partial charge on any atom is -0.392 e. The van der Waals surface area contributed by atoms with Crippen molar-refractivity contribution in [2.45, 2.75) is 38.4 Å². The standard InChI is InChI=1S/C11H20O3/c1-2-10-9(4-6-14-10)11(12)8-3-5-13-7-8/h8-12H,2-7H2,1H3. The molecule has 3 heteroatoms. The summed E-state index contributed by atoms with van der Waals surface area (Å²) in [6, 6.07) is 0. The Morgan fingerprint density at radius 1 is 1.36 bits per heavy atom. The van der Waals surface area contributed by atoms with Gasteiger partial charge in [0.2, 0.25) is 0 Å². The van der Waals surface area contributed by atoms with Crippen molar-refractivity contribution < 1.29 is 14.6 Å². The summed E-state index contributed by atoms with van der Waals surface area (Å²) in [5, 5.41) is 10.2. The van der Waals surface area contributed by atoms with Crippen molar-refractivity contribution in [1.82, 2.24) is 0 Å². The van der Waals surface area contributed by atoms with Gasteiger partial charge in [-0.1, -0.05) is 6.92 Å². The maximum absolute atomic E-state index is 10.2. The number of ether oxygens (including phenoxy) is 2. The predicted molar refractivity (Wildman–Crippen MR) is 53.1 cm³/mol. The molecule has 0 spiro atoms. The molecule has 0 saturated carbocycles. The molecule has 0 aromatic carbocycles. The zero-order chi connectivity index (χ0) is 9.97. The first-order valence-corrected chi connectivity index (χ1v) is 5.70. The van der Waals surface area contributed by atoms with E-state index in [0.29, 0.717) is 11.8 Å². The second-order valence-electron chi connectivity index (χ2n) is 4.38. The van der Waals surface area contributed by atoms with Gasteiger partial charge >= 0.3 is 0 Å². The molecule has 0 aliphatic carbocycles. The van der Waals surface area contributed by atoms with Crippen LogP contribution in [-0.4, -0.2) is 37.1 Å². The van der Waals surface area contributed by atoms with Gasteiger partial charge in [-0.3, -0.25) is 0 Å². The summed E-state index contributed by atoms with van der Waals surface area (Å²) in [5.74, 6) is 0.683. The minimum atomic E-state index is -0.218. The van der Waals surface area contributed by atoms with Crippen molar-refractivity contribution in [3.63, 3.8) is 0 Å². The van der Waals surface area contributed by atoms with Crippen LogP contribution in [0.1, 0.15) is 26.2 Å². The van der Waals surface area contributed by atoms with Gasteiger partial charge in [-0.25, -0.2) is 0 Å². The summed E-state index contributed by atoms with van der Waals surface area (Å²) in [4.78, 5) is 0. The van der Waals surface area contributed by atoms with Crippen molar-refractivity contribution in [2.75, 3.05) is 19.8 Å². The summed E-state index contributed by atoms with van der Waals surface area (Å²) >= 11 is 0. The van der Waals surface area contributed by atoms with E-state index >= 15 is 0 Å². The summed E-state index contributed by atoms with van der Waals surface area (Å²) < 4.78 is 10.9. The minimum absolute atomic E-state index is 0.218. The highest BCUT2D eigenvalue weighted by Gasteiger charge is 2.37. The number of hydrogen-bond acceptors (Lipinski definition) is 3. The van der Waals surface area contributed by atoms with E-state index in [-0.39, 0.29) is 12.2 Å². The summed E-state index contributed by atoms with van der Waals surface area (Å²) in [5.41, 5.74) is 0. The van der Waals surface area contributed by atoms with Gasteiger partial charge in [0.15, 0.2) is 0 Å². The largest absolute Gasteiger partial charge is 0.392 e. The van der Waals surface area contributed by atoms with Crippen molar-refractivity contribution in [1.29, 1.82) is 0 Å². The molecule has 0 aromatic heterocycles. The number of hydrogen-bond donors (Lipinski definition) is 1. The van der Waals surface area contributed by atoms with E-state index in [4.69, 9.17) is 9.47 Å². The first-order valence-electron chi connectivity index (χ1n) is 5.70. The summed E-state index contributed by atoms with van der Waals surface area (Å²) in [7, 11) is 0. The highest BCUT2D eigenvalue weighted by atomic mass is 16.5. The average Bonchev–Trinajstić information content (AvgIpc) is 2.87. The van der Waals surface area contributed by atoms with Crippen LogP contribution in [0.15, 0.2) is 0 Å². The quantitative estimate of drug-likeness (QED) is 0.744. The lowest BCUT2D eigenvalue weighted by Gasteiger charge is -2.26. The first kappa shape index (κ1) is 10.4. The topological polar surface area (TPSA) is 38.7 Å². The van der Waals surface area contributed by atoms with E-state index in [1.54, 1.807) is 0 Å². The third-order valence-electron chi connectivity index (χ3n) is 3.55. The number of rotatable bonds is 3. The third-order valence-corrected chi connectivity index (χ3v) is 3.55. The third kappa shape index (κ3) is 1.95. The van der Waals surface area contributed by atoms with E-state index in [1.807, 2.05) is 0 Å². The normalized spacial score (nSPS) is 40.3. The second-order valence-corrected chi connectivity index (χ2v) is 4.38. The molecule has 2 aliphatic rings. The van der Waals surface area contributed by atoms with Gasteiger partial charge in [-0.05, 0) is 19.3 Å². The molecule has 0 amide bonds. The molecular formula is C11H20O3. The van der Waals surface area contributed by atoms with Crippen molar-refractivity contribution >= 4 is 0 Å². The zero-order valence-electron chi connectivity index (χ0n) is 8.82. The second kappa shape index (κ2) is 4.60. The van der Waals surface area contributed by atoms with Crippen LogP contribution in [0.5, 0.6) is 0 Å². The molecule has 2 fully saturated rings. The molecule has 2 heterocycles. The van der Waals surface area contributed by atoms with E-state index in [0.717, 1.165) is 39.1 Å². The molecule has 0 aromatic rings. The Morgan fingerprint density at radius 3 is 2.86 bits per heavy atom. The Kier molecular flexibility index (Phi) is 3.42. The van der Waals surface area contributed by atoms with Gasteiger partial charge in [0.05, 0.1) is 18.8 Å². The maximum atomic E-state index is 10.2. The monoisotopic (exact) mass is 200 g/mol. The smallest absolute Gasteiger partial charge is 0.0644 e. The molecule has 3 nitrogen and oxygen atoms in total. The fourth-order valence-corrected chi connectivity index (χ4v) is 2.65. The molecule has 1 N–H and O–H groups in total. The predicted octanol–water partition coefficient (Wildman–Crippen LogP) is 1.20.